The molecule has 2 fully saturated rings. The number of aliphatic hydroxyl groups is 1. The van der Waals surface area contributed by atoms with Gasteiger partial charge in [-0.25, -0.2) is 0 Å². The van der Waals surface area contributed by atoms with Crippen molar-refractivity contribution in [3.63, 3.8) is 0 Å². The number of allylic oxidation sites excluding steroid dienone is 1. The molecular formula is C20H29NO3. The van der Waals surface area contributed by atoms with Crippen LogP contribution in [0, 0.1) is 5.92 Å². The van der Waals surface area contributed by atoms with Crippen molar-refractivity contribution < 1.29 is 14.9 Å². The Morgan fingerprint density at radius 3 is 2.96 bits per heavy atom. The molecule has 1 heterocycles. The largest absolute Gasteiger partial charge is 0.504 e. The van der Waals surface area contributed by atoms with Crippen molar-refractivity contribution in [3.05, 3.63) is 35.9 Å². The highest BCUT2D eigenvalue weighted by atomic mass is 16.5. The SMILES string of the molecule is C=CCc1cc(CN2CCC3(O)CCCCC3C2)cc(OC)c1O. The summed E-state index contributed by atoms with van der Waals surface area (Å²) in [6.07, 6.45) is 7.77. The minimum Gasteiger partial charge on any atom is -0.504 e. The van der Waals surface area contributed by atoms with Gasteiger partial charge in [-0.3, -0.25) is 4.90 Å². The Hall–Kier alpha value is -1.52. The number of phenols is 1. The quantitative estimate of drug-likeness (QED) is 0.813. The number of hydrogen-bond acceptors (Lipinski definition) is 4. The predicted molar refractivity (Wildman–Crippen MR) is 95.4 cm³/mol. The molecule has 1 saturated carbocycles. The first-order chi connectivity index (χ1) is 11.6. The fourth-order valence-corrected chi connectivity index (χ4v) is 4.33. The average molecular weight is 331 g/mol. The number of rotatable bonds is 5. The van der Waals surface area contributed by atoms with Crippen LogP contribution in [-0.2, 0) is 13.0 Å². The fourth-order valence-electron chi connectivity index (χ4n) is 4.33. The number of nitrogens with zero attached hydrogens (tertiary/aromatic N) is 1. The fraction of sp³-hybridized carbons (Fsp3) is 0.600. The van der Waals surface area contributed by atoms with Gasteiger partial charge in [0.05, 0.1) is 12.7 Å². The number of piperidine rings is 1. The van der Waals surface area contributed by atoms with E-state index in [9.17, 15) is 10.2 Å². The first kappa shape index (κ1) is 17.3. The summed E-state index contributed by atoms with van der Waals surface area (Å²) < 4.78 is 5.32. The van der Waals surface area contributed by atoms with Crippen LogP contribution in [0.25, 0.3) is 0 Å². The number of fused-ring (bicyclic) bond motifs is 1. The summed E-state index contributed by atoms with van der Waals surface area (Å²) in [7, 11) is 1.58. The van der Waals surface area contributed by atoms with Crippen LogP contribution in [0.3, 0.4) is 0 Å². The molecule has 1 aromatic rings. The Bertz CT molecular complexity index is 601. The number of methoxy groups -OCH3 is 1. The molecule has 0 spiro atoms. The lowest BCUT2D eigenvalue weighted by Crippen LogP contribution is -2.52. The van der Waals surface area contributed by atoms with Gasteiger partial charge in [0.1, 0.15) is 0 Å². The van der Waals surface area contributed by atoms with Crippen LogP contribution in [0.1, 0.15) is 43.2 Å². The van der Waals surface area contributed by atoms with Crippen molar-refractivity contribution in [1.82, 2.24) is 4.90 Å². The predicted octanol–water partition coefficient (Wildman–Crippen LogP) is 3.26. The van der Waals surface area contributed by atoms with E-state index in [-0.39, 0.29) is 5.75 Å². The van der Waals surface area contributed by atoms with Gasteiger partial charge in [0.2, 0.25) is 0 Å². The molecule has 4 nitrogen and oxygen atoms in total. The zero-order valence-corrected chi connectivity index (χ0v) is 14.6. The van der Waals surface area contributed by atoms with Crippen molar-refractivity contribution in [2.45, 2.75) is 50.7 Å². The highest BCUT2D eigenvalue weighted by molar-refractivity contribution is 5.49. The Balaban J connectivity index is 1.74. The maximum absolute atomic E-state index is 10.8. The zero-order chi connectivity index (χ0) is 17.2. The van der Waals surface area contributed by atoms with E-state index in [0.29, 0.717) is 18.1 Å². The summed E-state index contributed by atoms with van der Waals surface area (Å²) in [4.78, 5) is 2.42. The molecule has 2 unspecified atom stereocenters. The summed E-state index contributed by atoms with van der Waals surface area (Å²) in [6, 6.07) is 3.96. The van der Waals surface area contributed by atoms with Crippen LogP contribution in [0.2, 0.25) is 0 Å². The van der Waals surface area contributed by atoms with E-state index in [2.05, 4.69) is 11.5 Å². The summed E-state index contributed by atoms with van der Waals surface area (Å²) >= 11 is 0. The number of benzene rings is 1. The van der Waals surface area contributed by atoms with Crippen molar-refractivity contribution >= 4 is 0 Å². The van der Waals surface area contributed by atoms with Crippen LogP contribution >= 0.6 is 0 Å². The van der Waals surface area contributed by atoms with Crippen molar-refractivity contribution in [3.8, 4) is 11.5 Å². The molecule has 3 rings (SSSR count). The number of likely N-dealkylation sites (tertiary alicyclic amines) is 1. The van der Waals surface area contributed by atoms with Crippen molar-refractivity contribution in [2.24, 2.45) is 5.92 Å². The van der Waals surface area contributed by atoms with Gasteiger partial charge < -0.3 is 14.9 Å². The van der Waals surface area contributed by atoms with E-state index in [1.807, 2.05) is 12.1 Å². The molecule has 1 aliphatic heterocycles. The Labute approximate surface area is 144 Å². The van der Waals surface area contributed by atoms with Crippen molar-refractivity contribution in [1.29, 1.82) is 0 Å². The summed E-state index contributed by atoms with van der Waals surface area (Å²) in [6.45, 7) is 6.47. The minimum absolute atomic E-state index is 0.210. The molecule has 1 aromatic carbocycles. The van der Waals surface area contributed by atoms with Gasteiger partial charge in [0.25, 0.3) is 0 Å². The van der Waals surface area contributed by atoms with Crippen LogP contribution < -0.4 is 4.74 Å². The smallest absolute Gasteiger partial charge is 0.161 e. The Kier molecular flexibility index (Phi) is 5.16. The normalized spacial score (nSPS) is 27.5. The molecule has 2 N–H and O–H groups in total. The second-order valence-electron chi connectivity index (χ2n) is 7.33. The van der Waals surface area contributed by atoms with Gasteiger partial charge in [-0.05, 0) is 37.3 Å². The third-order valence-corrected chi connectivity index (χ3v) is 5.72. The molecule has 2 atom stereocenters. The van der Waals surface area contributed by atoms with Gasteiger partial charge in [0, 0.05) is 31.1 Å². The molecule has 0 amide bonds. The van der Waals surface area contributed by atoms with Gasteiger partial charge in [-0.1, -0.05) is 25.0 Å². The molecule has 0 radical (unpaired) electrons. The topological polar surface area (TPSA) is 52.9 Å². The molecule has 2 aliphatic rings. The molecule has 0 aromatic heterocycles. The second kappa shape index (κ2) is 7.16. The molecule has 132 valence electrons. The van der Waals surface area contributed by atoms with Gasteiger partial charge >= 0.3 is 0 Å². The van der Waals surface area contributed by atoms with E-state index < -0.39 is 5.60 Å². The van der Waals surface area contributed by atoms with E-state index in [4.69, 9.17) is 4.74 Å². The number of phenolic OH excluding ortho intramolecular Hbond substituents is 1. The highest BCUT2D eigenvalue weighted by Gasteiger charge is 2.42. The Morgan fingerprint density at radius 1 is 1.38 bits per heavy atom. The maximum Gasteiger partial charge on any atom is 0.161 e. The summed E-state index contributed by atoms with van der Waals surface area (Å²) in [5, 5.41) is 21.0. The highest BCUT2D eigenvalue weighted by Crippen LogP contribution is 2.40. The standard InChI is InChI=1S/C20H29NO3/c1-3-6-16-11-15(12-18(24-2)19(16)22)13-21-10-9-20(23)8-5-4-7-17(20)14-21/h3,11-12,17,22-23H,1,4-10,13-14H2,2H3. The van der Waals surface area contributed by atoms with Gasteiger partial charge in [0.15, 0.2) is 11.5 Å². The first-order valence-electron chi connectivity index (χ1n) is 9.00. The van der Waals surface area contributed by atoms with Crippen LogP contribution in [0.4, 0.5) is 0 Å². The minimum atomic E-state index is -0.435. The second-order valence-corrected chi connectivity index (χ2v) is 7.33. The van der Waals surface area contributed by atoms with Crippen molar-refractivity contribution in [2.75, 3.05) is 20.2 Å². The first-order valence-corrected chi connectivity index (χ1v) is 9.00. The van der Waals surface area contributed by atoms with E-state index in [0.717, 1.165) is 56.4 Å². The van der Waals surface area contributed by atoms with Gasteiger partial charge in [-0.15, -0.1) is 6.58 Å². The zero-order valence-electron chi connectivity index (χ0n) is 14.6. The van der Waals surface area contributed by atoms with Crippen LogP contribution in [-0.4, -0.2) is 40.9 Å². The van der Waals surface area contributed by atoms with E-state index in [1.54, 1.807) is 13.2 Å². The lowest BCUT2D eigenvalue weighted by molar-refractivity contribution is -0.0967. The number of ether oxygens (including phenoxy) is 1. The average Bonchev–Trinajstić information content (AvgIpc) is 2.58. The van der Waals surface area contributed by atoms with E-state index >= 15 is 0 Å². The third-order valence-electron chi connectivity index (χ3n) is 5.72. The lowest BCUT2D eigenvalue weighted by Gasteiger charge is -2.47. The summed E-state index contributed by atoms with van der Waals surface area (Å²) in [5.41, 5.74) is 1.56. The number of hydrogen-bond donors (Lipinski definition) is 2. The lowest BCUT2D eigenvalue weighted by atomic mass is 9.71. The molecule has 1 saturated heterocycles. The van der Waals surface area contributed by atoms with Crippen LogP contribution in [0.5, 0.6) is 11.5 Å². The molecule has 24 heavy (non-hydrogen) atoms. The third kappa shape index (κ3) is 3.45. The molecule has 4 heteroatoms. The van der Waals surface area contributed by atoms with Gasteiger partial charge in [-0.2, -0.15) is 0 Å². The maximum atomic E-state index is 10.8. The molecular weight excluding hydrogens is 302 g/mol. The van der Waals surface area contributed by atoms with E-state index in [1.165, 1.54) is 6.42 Å². The monoisotopic (exact) mass is 331 g/mol. The molecule has 1 aliphatic carbocycles. The van der Waals surface area contributed by atoms with Crippen LogP contribution in [0.15, 0.2) is 24.8 Å². The Morgan fingerprint density at radius 2 is 2.21 bits per heavy atom. The summed E-state index contributed by atoms with van der Waals surface area (Å²) in [5.74, 6) is 1.13. The molecule has 0 bridgehead atoms. The number of aromatic hydroxyl groups is 1.